The van der Waals surface area contributed by atoms with Crippen LogP contribution in [0.1, 0.15) is 18.9 Å². The summed E-state index contributed by atoms with van der Waals surface area (Å²) in [5.41, 5.74) is 0.796. The van der Waals surface area contributed by atoms with Crippen molar-refractivity contribution in [3.8, 4) is 0 Å². The smallest absolute Gasteiger partial charge is 0.224 e. The summed E-state index contributed by atoms with van der Waals surface area (Å²) < 4.78 is 0. The zero-order valence-corrected chi connectivity index (χ0v) is 11.1. The number of hydrogen-bond donors (Lipinski definition) is 2. The lowest BCUT2D eigenvalue weighted by atomic mass is 10.1. The number of hydrogen-bond acceptors (Lipinski definition) is 2. The highest BCUT2D eigenvalue weighted by molar-refractivity contribution is 6.42. The first-order valence-corrected chi connectivity index (χ1v) is 6.16. The second-order valence-corrected chi connectivity index (χ2v) is 4.59. The number of rotatable bonds is 5. The van der Waals surface area contributed by atoms with Crippen LogP contribution < -0.4 is 5.32 Å². The van der Waals surface area contributed by atoms with Crippen LogP contribution in [0.3, 0.4) is 0 Å². The first kappa shape index (κ1) is 14.3. The van der Waals surface area contributed by atoms with E-state index in [9.17, 15) is 4.79 Å². The highest BCUT2D eigenvalue weighted by Crippen LogP contribution is 2.22. The molecule has 0 radical (unpaired) electrons. The molecule has 0 saturated heterocycles. The van der Waals surface area contributed by atoms with Gasteiger partial charge in [-0.05, 0) is 24.1 Å². The van der Waals surface area contributed by atoms with E-state index in [0.29, 0.717) is 16.5 Å². The Morgan fingerprint density at radius 1 is 1.41 bits per heavy atom. The molecule has 94 valence electrons. The maximum absolute atomic E-state index is 11.6. The molecule has 0 aliphatic heterocycles. The third kappa shape index (κ3) is 4.54. The molecule has 1 aromatic rings. The summed E-state index contributed by atoms with van der Waals surface area (Å²) in [5, 5.41) is 12.6. The van der Waals surface area contributed by atoms with Gasteiger partial charge in [0.25, 0.3) is 0 Å². The van der Waals surface area contributed by atoms with Crippen LogP contribution in [0.5, 0.6) is 0 Å². The predicted octanol–water partition coefficient (Wildman–Crippen LogP) is 2.42. The zero-order valence-electron chi connectivity index (χ0n) is 9.54. The molecule has 1 rings (SSSR count). The van der Waals surface area contributed by atoms with E-state index < -0.39 is 0 Å². The molecule has 17 heavy (non-hydrogen) atoms. The molecule has 1 atom stereocenters. The number of benzene rings is 1. The minimum absolute atomic E-state index is 0.0520. The second kappa shape index (κ2) is 6.84. The largest absolute Gasteiger partial charge is 0.394 e. The van der Waals surface area contributed by atoms with Crippen LogP contribution in [0.25, 0.3) is 0 Å². The highest BCUT2D eigenvalue weighted by Gasteiger charge is 2.10. The molecule has 3 nitrogen and oxygen atoms in total. The molecule has 0 unspecified atom stereocenters. The lowest BCUT2D eigenvalue weighted by molar-refractivity contribution is -0.121. The van der Waals surface area contributed by atoms with Gasteiger partial charge in [-0.25, -0.2) is 0 Å². The van der Waals surface area contributed by atoms with Gasteiger partial charge in [0.1, 0.15) is 0 Å². The summed E-state index contributed by atoms with van der Waals surface area (Å²) in [4.78, 5) is 11.6. The molecule has 2 N–H and O–H groups in total. The molecule has 0 heterocycles. The molecule has 0 aliphatic carbocycles. The van der Waals surface area contributed by atoms with Crippen molar-refractivity contribution >= 4 is 29.1 Å². The summed E-state index contributed by atoms with van der Waals surface area (Å²) >= 11 is 11.6. The van der Waals surface area contributed by atoms with Crippen LogP contribution >= 0.6 is 23.2 Å². The van der Waals surface area contributed by atoms with Gasteiger partial charge in [0.05, 0.1) is 29.1 Å². The van der Waals surface area contributed by atoms with Gasteiger partial charge >= 0.3 is 0 Å². The van der Waals surface area contributed by atoms with E-state index in [2.05, 4.69) is 5.32 Å². The summed E-state index contributed by atoms with van der Waals surface area (Å²) in [5.74, 6) is -0.135. The first-order chi connectivity index (χ1) is 8.06. The quantitative estimate of drug-likeness (QED) is 0.867. The fourth-order valence-electron chi connectivity index (χ4n) is 1.39. The molecule has 0 saturated carbocycles. The zero-order chi connectivity index (χ0) is 12.8. The van der Waals surface area contributed by atoms with E-state index in [4.69, 9.17) is 28.3 Å². The maximum atomic E-state index is 11.6. The Labute approximate surface area is 111 Å². The van der Waals surface area contributed by atoms with Crippen LogP contribution in [-0.2, 0) is 11.2 Å². The fourth-order valence-corrected chi connectivity index (χ4v) is 1.71. The second-order valence-electron chi connectivity index (χ2n) is 3.78. The summed E-state index contributed by atoms with van der Waals surface area (Å²) in [6.07, 6.45) is 0.928. The number of amides is 1. The van der Waals surface area contributed by atoms with Gasteiger partial charge in [0.2, 0.25) is 5.91 Å². The molecule has 0 fully saturated rings. The van der Waals surface area contributed by atoms with E-state index in [1.807, 2.05) is 6.92 Å². The third-order valence-electron chi connectivity index (χ3n) is 2.43. The Bertz CT molecular complexity index is 392. The van der Waals surface area contributed by atoms with Gasteiger partial charge in [-0.3, -0.25) is 4.79 Å². The number of carbonyl (C=O) groups excluding carboxylic acids is 1. The molecule has 5 heteroatoms. The van der Waals surface area contributed by atoms with E-state index in [0.717, 1.165) is 5.56 Å². The standard InChI is InChI=1S/C12H15Cl2NO2/c1-2-9(7-16)15-12(17)6-8-3-4-10(13)11(14)5-8/h3-5,9,16H,2,6-7H2,1H3,(H,15,17)/t9-/m0/s1. The lowest BCUT2D eigenvalue weighted by Gasteiger charge is -2.14. The Morgan fingerprint density at radius 2 is 2.12 bits per heavy atom. The van der Waals surface area contributed by atoms with E-state index in [1.54, 1.807) is 18.2 Å². The van der Waals surface area contributed by atoms with Crippen LogP contribution in [0.4, 0.5) is 0 Å². The van der Waals surface area contributed by atoms with Crippen LogP contribution in [0, 0.1) is 0 Å². The van der Waals surface area contributed by atoms with E-state index in [-0.39, 0.29) is 25.0 Å². The van der Waals surface area contributed by atoms with Crippen LogP contribution in [-0.4, -0.2) is 23.7 Å². The fraction of sp³-hybridized carbons (Fsp3) is 0.417. The van der Waals surface area contributed by atoms with Crippen molar-refractivity contribution in [1.82, 2.24) is 5.32 Å². The van der Waals surface area contributed by atoms with Gasteiger partial charge < -0.3 is 10.4 Å². The summed E-state index contributed by atoms with van der Waals surface area (Å²) in [7, 11) is 0. The lowest BCUT2D eigenvalue weighted by Crippen LogP contribution is -2.37. The molecule has 1 aromatic carbocycles. The number of aliphatic hydroxyl groups excluding tert-OH is 1. The number of nitrogens with one attached hydrogen (secondary N) is 1. The van der Waals surface area contributed by atoms with Crippen molar-refractivity contribution < 1.29 is 9.90 Å². The van der Waals surface area contributed by atoms with Crippen molar-refractivity contribution in [3.63, 3.8) is 0 Å². The molecular weight excluding hydrogens is 261 g/mol. The minimum atomic E-state index is -0.190. The number of halogens is 2. The minimum Gasteiger partial charge on any atom is -0.394 e. The normalized spacial score (nSPS) is 12.2. The molecule has 0 spiro atoms. The summed E-state index contributed by atoms with van der Waals surface area (Å²) in [6, 6.07) is 4.90. The maximum Gasteiger partial charge on any atom is 0.224 e. The van der Waals surface area contributed by atoms with Crippen LogP contribution in [0.2, 0.25) is 10.0 Å². The Morgan fingerprint density at radius 3 is 2.65 bits per heavy atom. The predicted molar refractivity (Wildman–Crippen MR) is 69.5 cm³/mol. The summed E-state index contributed by atoms with van der Waals surface area (Å²) in [6.45, 7) is 1.85. The Kier molecular flexibility index (Phi) is 5.75. The van der Waals surface area contributed by atoms with Gasteiger partial charge in [-0.15, -0.1) is 0 Å². The van der Waals surface area contributed by atoms with Crippen molar-refractivity contribution in [2.24, 2.45) is 0 Å². The van der Waals surface area contributed by atoms with Crippen LogP contribution in [0.15, 0.2) is 18.2 Å². The number of aliphatic hydroxyl groups is 1. The van der Waals surface area contributed by atoms with Crippen molar-refractivity contribution in [3.05, 3.63) is 33.8 Å². The molecular formula is C12H15Cl2NO2. The molecule has 0 aromatic heterocycles. The Balaban J connectivity index is 2.58. The van der Waals surface area contributed by atoms with Gasteiger partial charge in [-0.2, -0.15) is 0 Å². The van der Waals surface area contributed by atoms with Crippen molar-refractivity contribution in [1.29, 1.82) is 0 Å². The van der Waals surface area contributed by atoms with Gasteiger partial charge in [-0.1, -0.05) is 36.2 Å². The SMILES string of the molecule is CC[C@@H](CO)NC(=O)Cc1ccc(Cl)c(Cl)c1. The highest BCUT2D eigenvalue weighted by atomic mass is 35.5. The molecule has 0 aliphatic rings. The van der Waals surface area contributed by atoms with Gasteiger partial charge in [0, 0.05) is 0 Å². The van der Waals surface area contributed by atoms with Gasteiger partial charge in [0.15, 0.2) is 0 Å². The van der Waals surface area contributed by atoms with Crippen molar-refractivity contribution in [2.75, 3.05) is 6.61 Å². The average molecular weight is 276 g/mol. The monoisotopic (exact) mass is 275 g/mol. The van der Waals surface area contributed by atoms with Crippen molar-refractivity contribution in [2.45, 2.75) is 25.8 Å². The topological polar surface area (TPSA) is 49.3 Å². The first-order valence-electron chi connectivity index (χ1n) is 5.41. The van der Waals surface area contributed by atoms with E-state index >= 15 is 0 Å². The average Bonchev–Trinajstić information content (AvgIpc) is 2.31. The third-order valence-corrected chi connectivity index (χ3v) is 3.17. The Hall–Kier alpha value is -0.770. The van der Waals surface area contributed by atoms with E-state index in [1.165, 1.54) is 0 Å². The molecule has 0 bridgehead atoms. The molecule has 1 amide bonds. The number of carbonyl (C=O) groups is 1.